The van der Waals surface area contributed by atoms with Gasteiger partial charge in [0.2, 0.25) is 0 Å². The number of benzene rings is 5. The SMILES string of the molecule is Brc1ccccc1-c1nc(-c2cccc(-c3ccccc3)c2)nc(-c2cccc(-c3ccccc3)c2)n1. The molecule has 0 spiro atoms. The van der Waals surface area contributed by atoms with Crippen molar-refractivity contribution in [2.75, 3.05) is 0 Å². The summed E-state index contributed by atoms with van der Waals surface area (Å²) in [6.07, 6.45) is 0. The highest BCUT2D eigenvalue weighted by Gasteiger charge is 2.15. The molecule has 176 valence electrons. The summed E-state index contributed by atoms with van der Waals surface area (Å²) in [5, 5.41) is 0. The maximum atomic E-state index is 4.96. The maximum Gasteiger partial charge on any atom is 0.165 e. The van der Waals surface area contributed by atoms with E-state index >= 15 is 0 Å². The fourth-order valence-corrected chi connectivity index (χ4v) is 4.80. The van der Waals surface area contributed by atoms with Crippen LogP contribution in [0, 0.1) is 0 Å². The average molecular weight is 540 g/mol. The fraction of sp³-hybridized carbons (Fsp3) is 0. The number of rotatable bonds is 5. The Balaban J connectivity index is 1.51. The molecule has 4 heteroatoms. The molecule has 0 saturated heterocycles. The van der Waals surface area contributed by atoms with Crippen LogP contribution in [-0.4, -0.2) is 15.0 Å². The first-order chi connectivity index (χ1) is 18.2. The van der Waals surface area contributed by atoms with Gasteiger partial charge in [-0.1, -0.05) is 131 Å². The summed E-state index contributed by atoms with van der Waals surface area (Å²) in [4.78, 5) is 14.8. The largest absolute Gasteiger partial charge is 0.208 e. The lowest BCUT2D eigenvalue weighted by atomic mass is 10.0. The highest BCUT2D eigenvalue weighted by molar-refractivity contribution is 9.10. The number of nitrogens with zero attached hydrogens (tertiary/aromatic N) is 3. The molecule has 0 saturated carbocycles. The van der Waals surface area contributed by atoms with E-state index in [4.69, 9.17) is 15.0 Å². The number of hydrogen-bond acceptors (Lipinski definition) is 3. The van der Waals surface area contributed by atoms with Crippen molar-refractivity contribution >= 4 is 15.9 Å². The van der Waals surface area contributed by atoms with E-state index in [1.807, 2.05) is 60.7 Å². The Morgan fingerprint density at radius 1 is 0.351 bits per heavy atom. The molecule has 1 aromatic heterocycles. The molecule has 0 amide bonds. The molecule has 0 unspecified atom stereocenters. The minimum absolute atomic E-state index is 0.628. The van der Waals surface area contributed by atoms with E-state index in [2.05, 4.69) is 88.7 Å². The van der Waals surface area contributed by atoms with Crippen LogP contribution in [0.3, 0.4) is 0 Å². The van der Waals surface area contributed by atoms with Crippen LogP contribution in [0.1, 0.15) is 0 Å². The van der Waals surface area contributed by atoms with Crippen LogP contribution in [0.15, 0.2) is 138 Å². The van der Waals surface area contributed by atoms with Crippen molar-refractivity contribution in [3.05, 3.63) is 138 Å². The molecular formula is C33H22BrN3. The molecule has 3 nitrogen and oxygen atoms in total. The van der Waals surface area contributed by atoms with Crippen molar-refractivity contribution < 1.29 is 0 Å². The first-order valence-electron chi connectivity index (χ1n) is 12.1. The summed E-state index contributed by atoms with van der Waals surface area (Å²) in [5.41, 5.74) is 7.35. The Labute approximate surface area is 224 Å². The molecule has 0 bridgehead atoms. The van der Waals surface area contributed by atoms with Crippen LogP contribution in [0.4, 0.5) is 0 Å². The zero-order chi connectivity index (χ0) is 25.0. The minimum Gasteiger partial charge on any atom is -0.208 e. The van der Waals surface area contributed by atoms with E-state index in [0.717, 1.165) is 43.4 Å². The Kier molecular flexibility index (Phi) is 6.40. The summed E-state index contributed by atoms with van der Waals surface area (Å²) < 4.78 is 0.939. The van der Waals surface area contributed by atoms with Crippen molar-refractivity contribution in [1.82, 2.24) is 15.0 Å². The second kappa shape index (κ2) is 10.3. The molecule has 1 heterocycles. The van der Waals surface area contributed by atoms with Crippen LogP contribution < -0.4 is 0 Å². The van der Waals surface area contributed by atoms with Crippen molar-refractivity contribution in [1.29, 1.82) is 0 Å². The third-order valence-corrected chi connectivity index (χ3v) is 6.90. The number of hydrogen-bond donors (Lipinski definition) is 0. The smallest absolute Gasteiger partial charge is 0.165 e. The molecule has 37 heavy (non-hydrogen) atoms. The standard InChI is InChI=1S/C33H22BrN3/c34-30-20-8-7-19-29(30)33-36-31(27-17-9-15-25(21-27)23-11-3-1-4-12-23)35-32(37-33)28-18-10-16-26(22-28)24-13-5-2-6-14-24/h1-22H. The van der Waals surface area contributed by atoms with E-state index in [0.29, 0.717) is 17.5 Å². The third-order valence-electron chi connectivity index (χ3n) is 6.21. The van der Waals surface area contributed by atoms with Gasteiger partial charge in [0.1, 0.15) is 0 Å². The second-order valence-electron chi connectivity index (χ2n) is 8.68. The molecule has 0 N–H and O–H groups in total. The van der Waals surface area contributed by atoms with Crippen LogP contribution in [0.2, 0.25) is 0 Å². The molecule has 0 aliphatic carbocycles. The van der Waals surface area contributed by atoms with Gasteiger partial charge in [0.15, 0.2) is 17.5 Å². The second-order valence-corrected chi connectivity index (χ2v) is 9.53. The highest BCUT2D eigenvalue weighted by atomic mass is 79.9. The van der Waals surface area contributed by atoms with Gasteiger partial charge in [-0.2, -0.15) is 0 Å². The molecule has 0 fully saturated rings. The van der Waals surface area contributed by atoms with Gasteiger partial charge in [0.05, 0.1) is 0 Å². The molecule has 0 aliphatic heterocycles. The van der Waals surface area contributed by atoms with Gasteiger partial charge >= 0.3 is 0 Å². The molecule has 6 aromatic rings. The average Bonchev–Trinajstić information content (AvgIpc) is 2.98. The van der Waals surface area contributed by atoms with E-state index in [9.17, 15) is 0 Å². The lowest BCUT2D eigenvalue weighted by Gasteiger charge is -2.11. The summed E-state index contributed by atoms with van der Waals surface area (Å²) in [5.74, 6) is 1.90. The Hall–Kier alpha value is -4.41. The Morgan fingerprint density at radius 3 is 1.27 bits per heavy atom. The molecule has 0 radical (unpaired) electrons. The Bertz CT molecular complexity index is 1580. The van der Waals surface area contributed by atoms with Crippen LogP contribution in [0.25, 0.3) is 56.4 Å². The first-order valence-corrected chi connectivity index (χ1v) is 12.9. The van der Waals surface area contributed by atoms with Gasteiger partial charge in [-0.25, -0.2) is 15.0 Å². The summed E-state index contributed by atoms with van der Waals surface area (Å²) in [6.45, 7) is 0. The van der Waals surface area contributed by atoms with Crippen molar-refractivity contribution in [2.24, 2.45) is 0 Å². The number of halogens is 1. The minimum atomic E-state index is 0.628. The van der Waals surface area contributed by atoms with Gasteiger partial charge in [-0.05, 0) is 40.5 Å². The van der Waals surface area contributed by atoms with Crippen LogP contribution in [-0.2, 0) is 0 Å². The van der Waals surface area contributed by atoms with Crippen molar-refractivity contribution in [2.45, 2.75) is 0 Å². The molecule has 6 rings (SSSR count). The Morgan fingerprint density at radius 2 is 0.757 bits per heavy atom. The van der Waals surface area contributed by atoms with Crippen LogP contribution in [0.5, 0.6) is 0 Å². The van der Waals surface area contributed by atoms with Gasteiger partial charge in [0, 0.05) is 21.2 Å². The van der Waals surface area contributed by atoms with E-state index in [-0.39, 0.29) is 0 Å². The summed E-state index contributed by atoms with van der Waals surface area (Å²) in [6, 6.07) is 45.4. The van der Waals surface area contributed by atoms with Gasteiger partial charge in [-0.15, -0.1) is 0 Å². The lowest BCUT2D eigenvalue weighted by Crippen LogP contribution is -2.00. The third kappa shape index (κ3) is 4.97. The monoisotopic (exact) mass is 539 g/mol. The van der Waals surface area contributed by atoms with E-state index in [1.54, 1.807) is 0 Å². The molecule has 0 atom stereocenters. The fourth-order valence-electron chi connectivity index (χ4n) is 4.33. The molecule has 0 aliphatic rings. The van der Waals surface area contributed by atoms with Gasteiger partial charge in [0.25, 0.3) is 0 Å². The van der Waals surface area contributed by atoms with E-state index < -0.39 is 0 Å². The topological polar surface area (TPSA) is 38.7 Å². The predicted octanol–water partition coefficient (Wildman–Crippen LogP) is 8.97. The number of aromatic nitrogens is 3. The predicted molar refractivity (Wildman–Crippen MR) is 155 cm³/mol. The summed E-state index contributed by atoms with van der Waals surface area (Å²) >= 11 is 3.68. The first kappa shape index (κ1) is 23.0. The van der Waals surface area contributed by atoms with E-state index in [1.165, 1.54) is 0 Å². The highest BCUT2D eigenvalue weighted by Crippen LogP contribution is 2.31. The molecular weight excluding hydrogens is 518 g/mol. The molecule has 5 aromatic carbocycles. The zero-order valence-corrected chi connectivity index (χ0v) is 21.5. The normalized spacial score (nSPS) is 10.8. The van der Waals surface area contributed by atoms with Crippen LogP contribution >= 0.6 is 15.9 Å². The maximum absolute atomic E-state index is 4.96. The van der Waals surface area contributed by atoms with Gasteiger partial charge in [-0.3, -0.25) is 0 Å². The zero-order valence-electron chi connectivity index (χ0n) is 19.9. The summed E-state index contributed by atoms with van der Waals surface area (Å²) in [7, 11) is 0. The van der Waals surface area contributed by atoms with Crippen molar-refractivity contribution in [3.63, 3.8) is 0 Å². The quantitative estimate of drug-likeness (QED) is 0.219. The van der Waals surface area contributed by atoms with Gasteiger partial charge < -0.3 is 0 Å². The lowest BCUT2D eigenvalue weighted by molar-refractivity contribution is 1.07. The van der Waals surface area contributed by atoms with Crippen molar-refractivity contribution in [3.8, 4) is 56.4 Å².